The Labute approximate surface area is 336 Å². The number of carbonyl (C=O) groups is 2. The lowest BCUT2D eigenvalue weighted by atomic mass is 10.0. The Morgan fingerprint density at radius 3 is 1.89 bits per heavy atom. The number of ketones is 1. The van der Waals surface area contributed by atoms with Crippen LogP contribution in [0.15, 0.2) is 57.0 Å². The second kappa shape index (κ2) is 26.2. The molecule has 6 rings (SSSR count). The molecule has 0 bridgehead atoms. The fraction of sp³-hybridized carbons (Fsp3) is 0.650. The zero-order valence-electron chi connectivity index (χ0n) is 34.8. The summed E-state index contributed by atoms with van der Waals surface area (Å²) in [4.78, 5) is 30.0. The zero-order chi connectivity index (χ0) is 37.5. The first kappa shape index (κ1) is 51.3. The molecule has 0 aromatic carbocycles. The summed E-state index contributed by atoms with van der Waals surface area (Å²) in [5, 5.41) is 1.48. The van der Waals surface area contributed by atoms with Crippen molar-refractivity contribution in [2.45, 2.75) is 58.3 Å². The number of likely N-dealkylation sites (tertiary alicyclic amines) is 2. The van der Waals surface area contributed by atoms with Gasteiger partial charge in [-0.2, -0.15) is 0 Å². The first-order valence-electron chi connectivity index (χ1n) is 18.6. The zero-order valence-corrected chi connectivity index (χ0v) is 36.3. The van der Waals surface area contributed by atoms with Gasteiger partial charge in [-0.3, -0.25) is 14.6 Å². The summed E-state index contributed by atoms with van der Waals surface area (Å²) >= 11 is 12.6. The molecule has 0 aliphatic carbocycles. The number of allylic oxidation sites excluding steroid dienone is 4. The highest BCUT2D eigenvalue weighted by atomic mass is 35.5. The Kier molecular flexibility index (Phi) is 24.9. The largest absolute Gasteiger partial charge is 0.498 e. The molecule has 2 saturated heterocycles. The van der Waals surface area contributed by atoms with Crippen molar-refractivity contribution < 1.29 is 23.5 Å². The molecule has 0 spiro atoms. The molecule has 6 heterocycles. The Bertz CT molecular complexity index is 1430. The summed E-state index contributed by atoms with van der Waals surface area (Å²) in [5.41, 5.74) is 6.83. The van der Waals surface area contributed by atoms with Crippen LogP contribution in [0.3, 0.4) is 0 Å². The van der Waals surface area contributed by atoms with E-state index in [2.05, 4.69) is 83.3 Å². The Morgan fingerprint density at radius 2 is 1.41 bits per heavy atom. The molecule has 14 heteroatoms. The second-order valence-corrected chi connectivity index (χ2v) is 15.5. The number of Topliss-reactive ketones (excluding diaryl/α,β-unsaturated/α-hetero) is 1. The molecule has 1 unspecified atom stereocenters. The van der Waals surface area contributed by atoms with Crippen molar-refractivity contribution in [3.63, 3.8) is 0 Å². The fourth-order valence-corrected chi connectivity index (χ4v) is 7.31. The summed E-state index contributed by atoms with van der Waals surface area (Å²) in [5.74, 6) is 0.894. The average Bonchev–Trinajstić information content (AvgIpc) is 3.84. The molecule has 2 fully saturated rings. The van der Waals surface area contributed by atoms with Crippen LogP contribution in [0.25, 0.3) is 0 Å². The SMILES string of the molecule is CC1=[N+](C)CCC1.CN1CC(/C=C/C2=[N+](C)CCC2)=C(Cl)C(=C/C=C2\CCCN2C)/C1.CN1CCC(=O)CC1.COC1=C(Cl)C(C=O)CN(C)C1.N.N.N. The summed E-state index contributed by atoms with van der Waals surface area (Å²) in [6.07, 6.45) is 18.9. The van der Waals surface area contributed by atoms with Crippen LogP contribution in [0.5, 0.6) is 0 Å². The first-order valence-corrected chi connectivity index (χ1v) is 19.3. The minimum absolute atomic E-state index is 0. The van der Waals surface area contributed by atoms with Crippen LogP contribution in [0.2, 0.25) is 0 Å². The monoisotopic (exact) mass is 798 g/mol. The van der Waals surface area contributed by atoms with Gasteiger partial charge >= 0.3 is 0 Å². The van der Waals surface area contributed by atoms with E-state index in [0.29, 0.717) is 29.7 Å². The highest BCUT2D eigenvalue weighted by molar-refractivity contribution is 6.32. The van der Waals surface area contributed by atoms with E-state index in [1.165, 1.54) is 80.7 Å². The molecule has 12 nitrogen and oxygen atoms in total. The molecule has 0 aromatic rings. The Morgan fingerprint density at radius 1 is 0.759 bits per heavy atom. The van der Waals surface area contributed by atoms with Crippen molar-refractivity contribution in [2.75, 3.05) is 108 Å². The van der Waals surface area contributed by atoms with Gasteiger partial charge in [-0.15, -0.1) is 0 Å². The third kappa shape index (κ3) is 16.6. The summed E-state index contributed by atoms with van der Waals surface area (Å²) in [6, 6.07) is 0. The van der Waals surface area contributed by atoms with Gasteiger partial charge in [0.15, 0.2) is 5.71 Å². The number of hydrogen-bond acceptors (Lipinski definition) is 10. The van der Waals surface area contributed by atoms with Gasteiger partial charge in [0.25, 0.3) is 0 Å². The number of hydrogen-bond donors (Lipinski definition) is 3. The number of rotatable bonds is 5. The number of carbonyl (C=O) groups excluding carboxylic acids is 2. The second-order valence-electron chi connectivity index (χ2n) is 14.8. The van der Waals surface area contributed by atoms with Gasteiger partial charge in [-0.1, -0.05) is 35.4 Å². The third-order valence-corrected chi connectivity index (χ3v) is 11.4. The molecule has 0 saturated carbocycles. The van der Waals surface area contributed by atoms with E-state index in [4.69, 9.17) is 27.9 Å². The van der Waals surface area contributed by atoms with Crippen molar-refractivity contribution in [1.82, 2.24) is 38.1 Å². The minimum atomic E-state index is -0.222. The molecule has 308 valence electrons. The number of ether oxygens (including phenoxy) is 1. The molecule has 6 aliphatic rings. The van der Waals surface area contributed by atoms with Crippen molar-refractivity contribution in [3.05, 3.63) is 57.0 Å². The lowest BCUT2D eigenvalue weighted by Crippen LogP contribution is -2.34. The van der Waals surface area contributed by atoms with Crippen LogP contribution in [0.1, 0.15) is 58.3 Å². The average molecular weight is 799 g/mol. The number of likely N-dealkylation sites (N-methyl/N-ethyl adjacent to an activating group) is 2. The number of piperidine rings is 1. The van der Waals surface area contributed by atoms with E-state index in [9.17, 15) is 9.59 Å². The third-order valence-electron chi connectivity index (χ3n) is 10.4. The van der Waals surface area contributed by atoms with Crippen LogP contribution in [-0.2, 0) is 14.3 Å². The van der Waals surface area contributed by atoms with E-state index in [-0.39, 0.29) is 24.4 Å². The lowest BCUT2D eigenvalue weighted by Gasteiger charge is -2.27. The van der Waals surface area contributed by atoms with Crippen molar-refractivity contribution in [1.29, 1.82) is 0 Å². The molecular formula is C40H73Cl2N9O3+2. The predicted molar refractivity (Wildman–Crippen MR) is 228 cm³/mol. The van der Waals surface area contributed by atoms with E-state index in [1.54, 1.807) is 12.8 Å². The van der Waals surface area contributed by atoms with Gasteiger partial charge in [-0.05, 0) is 51.2 Å². The molecule has 6 aliphatic heterocycles. The van der Waals surface area contributed by atoms with E-state index in [1.807, 2.05) is 19.0 Å². The number of nitrogens with zero attached hydrogens (tertiary/aromatic N) is 6. The maximum atomic E-state index is 10.6. The van der Waals surface area contributed by atoms with Gasteiger partial charge in [0.1, 0.15) is 50.7 Å². The first-order chi connectivity index (χ1) is 24.3. The number of aldehydes is 1. The summed E-state index contributed by atoms with van der Waals surface area (Å²) in [6.45, 7) is 10.9. The fourth-order valence-electron chi connectivity index (χ4n) is 6.81. The molecule has 0 aromatic heterocycles. The maximum absolute atomic E-state index is 10.6. The molecule has 0 radical (unpaired) electrons. The van der Waals surface area contributed by atoms with Crippen LogP contribution in [0.4, 0.5) is 0 Å². The number of methoxy groups -OCH3 is 1. The normalized spacial score (nSPS) is 24.0. The number of halogens is 2. The summed E-state index contributed by atoms with van der Waals surface area (Å²) < 4.78 is 9.71. The standard InChI is InChI=1S/C20H29ClN3.C8H12ClNO2.C6H11NO.C6H12N.3H3N/c1-22-14-16(8-10-18-6-4-12-23(18)2)20(21)17(15-22)9-11-19-7-5-13-24(19)3;1-10-3-6(5-11)8(9)7(4-10)12-2;1-7-4-2-6(8)3-5-7;1-6-4-3-5-7(6)2;;;/h8-11H,4-7,12-15H2,1-3H3;5-6H,3-4H2,1-2H3;2-5H2,1H3;3-5H2,1-2H3;3*1H3/q+1;;;+1;;;. The van der Waals surface area contributed by atoms with Crippen LogP contribution < -0.4 is 18.5 Å². The minimum Gasteiger partial charge on any atom is -0.498 e. The van der Waals surface area contributed by atoms with Gasteiger partial charge in [0, 0.05) is 109 Å². The molecule has 0 amide bonds. The van der Waals surface area contributed by atoms with Gasteiger partial charge < -0.3 is 37.8 Å². The topological polar surface area (TPSA) is 167 Å². The van der Waals surface area contributed by atoms with E-state index < -0.39 is 0 Å². The van der Waals surface area contributed by atoms with Crippen LogP contribution in [-0.4, -0.2) is 161 Å². The molecule has 54 heavy (non-hydrogen) atoms. The molecule has 1 atom stereocenters. The highest BCUT2D eigenvalue weighted by Crippen LogP contribution is 2.28. The van der Waals surface area contributed by atoms with E-state index >= 15 is 0 Å². The Hall–Kier alpha value is -2.68. The Balaban J connectivity index is 0.000000782. The van der Waals surface area contributed by atoms with Gasteiger partial charge in [0.05, 0.1) is 24.6 Å². The molecular weight excluding hydrogens is 725 g/mol. The molecule has 9 N–H and O–H groups in total. The van der Waals surface area contributed by atoms with Crippen molar-refractivity contribution in [3.8, 4) is 0 Å². The van der Waals surface area contributed by atoms with E-state index in [0.717, 1.165) is 50.3 Å². The van der Waals surface area contributed by atoms with Crippen LogP contribution in [0, 0.1) is 5.92 Å². The van der Waals surface area contributed by atoms with Crippen molar-refractivity contribution >= 4 is 46.7 Å². The van der Waals surface area contributed by atoms with Gasteiger partial charge in [-0.25, -0.2) is 9.15 Å². The maximum Gasteiger partial charge on any atom is 0.176 e. The summed E-state index contributed by atoms with van der Waals surface area (Å²) in [7, 11) is 14.2. The van der Waals surface area contributed by atoms with Crippen molar-refractivity contribution in [2.24, 2.45) is 5.92 Å². The predicted octanol–water partition coefficient (Wildman–Crippen LogP) is 5.89. The smallest absolute Gasteiger partial charge is 0.176 e. The quantitative estimate of drug-likeness (QED) is 0.226. The highest BCUT2D eigenvalue weighted by Gasteiger charge is 2.25. The van der Waals surface area contributed by atoms with Gasteiger partial charge in [0.2, 0.25) is 0 Å². The van der Waals surface area contributed by atoms with Crippen LogP contribution >= 0.6 is 23.2 Å². The lowest BCUT2D eigenvalue weighted by molar-refractivity contribution is -0.489.